The van der Waals surface area contributed by atoms with Crippen molar-refractivity contribution in [1.29, 1.82) is 0 Å². The van der Waals surface area contributed by atoms with Gasteiger partial charge in [0.15, 0.2) is 0 Å². The maximum Gasteiger partial charge on any atom is 0.0339 e. The van der Waals surface area contributed by atoms with Gasteiger partial charge in [-0.2, -0.15) is 0 Å². The van der Waals surface area contributed by atoms with Gasteiger partial charge in [0.05, 0.1) is 0 Å². The second-order valence-electron chi connectivity index (χ2n) is 5.19. The lowest BCUT2D eigenvalue weighted by atomic mass is 10.0. The normalized spacial score (nSPS) is 18.9. The number of nitrogens with zero attached hydrogens (tertiary/aromatic N) is 1. The van der Waals surface area contributed by atoms with Crippen LogP contribution in [0.5, 0.6) is 0 Å². The summed E-state index contributed by atoms with van der Waals surface area (Å²) in [4.78, 5) is 3.72. The van der Waals surface area contributed by atoms with Crippen LogP contribution in [0.4, 0.5) is 0 Å². The first kappa shape index (κ1) is 13.9. The van der Waals surface area contributed by atoms with Gasteiger partial charge in [-0.05, 0) is 63.8 Å². The minimum absolute atomic E-state index is 0.571. The van der Waals surface area contributed by atoms with Crippen molar-refractivity contribution >= 4 is 11.8 Å². The fraction of sp³-hybridized carbons (Fsp3) is 0.600. The van der Waals surface area contributed by atoms with Gasteiger partial charge < -0.3 is 10.2 Å². The molecule has 1 aliphatic rings. The lowest BCUT2D eigenvalue weighted by Gasteiger charge is -2.26. The van der Waals surface area contributed by atoms with Crippen LogP contribution in [0.15, 0.2) is 29.2 Å². The standard InChI is InChI=1S/C15H24N2S/c1-17(2)11-6-5-10-16-14-9-12-18-15-8-4-3-7-13(14)15/h3-4,7-8,14,16H,5-6,9-12H2,1-2H3. The van der Waals surface area contributed by atoms with Crippen LogP contribution in [0.3, 0.4) is 0 Å². The fourth-order valence-electron chi connectivity index (χ4n) is 2.38. The maximum absolute atomic E-state index is 3.72. The second-order valence-corrected chi connectivity index (χ2v) is 6.33. The Balaban J connectivity index is 1.77. The van der Waals surface area contributed by atoms with Crippen molar-refractivity contribution in [2.45, 2.75) is 30.2 Å². The molecule has 0 saturated carbocycles. The summed E-state index contributed by atoms with van der Waals surface area (Å²) in [6.45, 7) is 2.33. The van der Waals surface area contributed by atoms with Crippen LogP contribution in [-0.4, -0.2) is 37.8 Å². The molecule has 0 spiro atoms. The molecule has 1 heterocycles. The number of thioether (sulfide) groups is 1. The molecule has 0 saturated heterocycles. The molecule has 1 aromatic carbocycles. The Labute approximate surface area is 115 Å². The Morgan fingerprint density at radius 1 is 1.28 bits per heavy atom. The lowest BCUT2D eigenvalue weighted by molar-refractivity contribution is 0.386. The van der Waals surface area contributed by atoms with Crippen molar-refractivity contribution in [3.63, 3.8) is 0 Å². The largest absolute Gasteiger partial charge is 0.310 e. The van der Waals surface area contributed by atoms with E-state index in [0.29, 0.717) is 6.04 Å². The zero-order chi connectivity index (χ0) is 12.8. The monoisotopic (exact) mass is 264 g/mol. The predicted octanol–water partition coefficient (Wildman–Crippen LogP) is 3.15. The predicted molar refractivity (Wildman–Crippen MR) is 80.3 cm³/mol. The van der Waals surface area contributed by atoms with E-state index in [2.05, 4.69) is 48.6 Å². The Hall–Kier alpha value is -0.510. The SMILES string of the molecule is CN(C)CCCCNC1CCSc2ccccc21. The minimum Gasteiger partial charge on any atom is -0.310 e. The topological polar surface area (TPSA) is 15.3 Å². The molecule has 0 radical (unpaired) electrons. The molecule has 2 rings (SSSR count). The smallest absolute Gasteiger partial charge is 0.0339 e. The number of nitrogens with one attached hydrogen (secondary N) is 1. The number of rotatable bonds is 6. The van der Waals surface area contributed by atoms with Gasteiger partial charge >= 0.3 is 0 Å². The van der Waals surface area contributed by atoms with Crippen molar-refractivity contribution in [1.82, 2.24) is 10.2 Å². The van der Waals surface area contributed by atoms with E-state index in [9.17, 15) is 0 Å². The fourth-order valence-corrected chi connectivity index (χ4v) is 3.51. The summed E-state index contributed by atoms with van der Waals surface area (Å²) in [7, 11) is 4.28. The van der Waals surface area contributed by atoms with E-state index in [4.69, 9.17) is 0 Å². The van der Waals surface area contributed by atoms with Crippen molar-refractivity contribution in [2.75, 3.05) is 32.9 Å². The summed E-state index contributed by atoms with van der Waals surface area (Å²) in [5.41, 5.74) is 1.50. The Kier molecular flexibility index (Phi) is 5.54. The average Bonchev–Trinajstić information content (AvgIpc) is 2.38. The first-order valence-electron chi connectivity index (χ1n) is 6.87. The van der Waals surface area contributed by atoms with E-state index in [0.717, 1.165) is 6.54 Å². The van der Waals surface area contributed by atoms with E-state index in [1.165, 1.54) is 42.0 Å². The highest BCUT2D eigenvalue weighted by atomic mass is 32.2. The summed E-state index contributed by atoms with van der Waals surface area (Å²) in [5.74, 6) is 1.24. The van der Waals surface area contributed by atoms with Crippen molar-refractivity contribution in [3.8, 4) is 0 Å². The van der Waals surface area contributed by atoms with E-state index in [1.807, 2.05) is 11.8 Å². The minimum atomic E-state index is 0.571. The third kappa shape index (κ3) is 4.01. The molecule has 1 unspecified atom stereocenters. The summed E-state index contributed by atoms with van der Waals surface area (Å²) in [6.07, 6.45) is 3.81. The zero-order valence-corrected chi connectivity index (χ0v) is 12.3. The first-order valence-corrected chi connectivity index (χ1v) is 7.86. The van der Waals surface area contributed by atoms with Crippen LogP contribution in [-0.2, 0) is 0 Å². The molecule has 0 bridgehead atoms. The summed E-state index contributed by atoms with van der Waals surface area (Å²) >= 11 is 1.99. The van der Waals surface area contributed by atoms with Gasteiger partial charge in [-0.25, -0.2) is 0 Å². The quantitative estimate of drug-likeness (QED) is 0.795. The average molecular weight is 264 g/mol. The Morgan fingerprint density at radius 2 is 2.11 bits per heavy atom. The molecule has 0 aromatic heterocycles. The van der Waals surface area contributed by atoms with Gasteiger partial charge in [0.25, 0.3) is 0 Å². The van der Waals surface area contributed by atoms with E-state index in [1.54, 1.807) is 0 Å². The van der Waals surface area contributed by atoms with Gasteiger partial charge in [0.1, 0.15) is 0 Å². The van der Waals surface area contributed by atoms with Gasteiger partial charge in [0.2, 0.25) is 0 Å². The number of fused-ring (bicyclic) bond motifs is 1. The summed E-state index contributed by atoms with van der Waals surface area (Å²) in [6, 6.07) is 9.40. The number of unbranched alkanes of at least 4 members (excludes halogenated alkanes) is 1. The highest BCUT2D eigenvalue weighted by Crippen LogP contribution is 2.35. The van der Waals surface area contributed by atoms with E-state index in [-0.39, 0.29) is 0 Å². The van der Waals surface area contributed by atoms with Crippen LogP contribution in [0, 0.1) is 0 Å². The van der Waals surface area contributed by atoms with Crippen LogP contribution >= 0.6 is 11.8 Å². The Bertz CT molecular complexity index is 365. The zero-order valence-electron chi connectivity index (χ0n) is 11.5. The van der Waals surface area contributed by atoms with Crippen LogP contribution in [0.25, 0.3) is 0 Å². The molecule has 2 nitrogen and oxygen atoms in total. The van der Waals surface area contributed by atoms with Crippen LogP contribution in [0.1, 0.15) is 30.9 Å². The van der Waals surface area contributed by atoms with Gasteiger partial charge in [0, 0.05) is 10.9 Å². The Morgan fingerprint density at radius 3 is 2.94 bits per heavy atom. The third-order valence-electron chi connectivity index (χ3n) is 3.38. The van der Waals surface area contributed by atoms with Crippen molar-refractivity contribution in [2.24, 2.45) is 0 Å². The highest BCUT2D eigenvalue weighted by Gasteiger charge is 2.18. The van der Waals surface area contributed by atoms with E-state index < -0.39 is 0 Å². The number of hydrogen-bond acceptors (Lipinski definition) is 3. The van der Waals surface area contributed by atoms with Gasteiger partial charge in [-0.3, -0.25) is 0 Å². The van der Waals surface area contributed by atoms with Crippen LogP contribution in [0.2, 0.25) is 0 Å². The molecular weight excluding hydrogens is 240 g/mol. The molecule has 0 aliphatic carbocycles. The number of benzene rings is 1. The number of hydrogen-bond donors (Lipinski definition) is 1. The second kappa shape index (κ2) is 7.17. The molecule has 0 fully saturated rings. The third-order valence-corrected chi connectivity index (χ3v) is 4.50. The molecule has 1 aliphatic heterocycles. The summed E-state index contributed by atoms with van der Waals surface area (Å²) < 4.78 is 0. The highest BCUT2D eigenvalue weighted by molar-refractivity contribution is 7.99. The first-order chi connectivity index (χ1) is 8.77. The molecule has 18 heavy (non-hydrogen) atoms. The maximum atomic E-state index is 3.72. The summed E-state index contributed by atoms with van der Waals surface area (Å²) in [5, 5.41) is 3.72. The molecule has 0 amide bonds. The van der Waals surface area contributed by atoms with Crippen LogP contribution < -0.4 is 5.32 Å². The molecule has 3 heteroatoms. The lowest BCUT2D eigenvalue weighted by Crippen LogP contribution is -2.26. The van der Waals surface area contributed by atoms with Crippen molar-refractivity contribution < 1.29 is 0 Å². The van der Waals surface area contributed by atoms with E-state index >= 15 is 0 Å². The molecular formula is C15H24N2S. The van der Waals surface area contributed by atoms with Gasteiger partial charge in [-0.15, -0.1) is 11.8 Å². The molecule has 1 N–H and O–H groups in total. The van der Waals surface area contributed by atoms with Crippen molar-refractivity contribution in [3.05, 3.63) is 29.8 Å². The molecule has 1 aromatic rings. The molecule has 1 atom stereocenters. The molecule has 100 valence electrons. The van der Waals surface area contributed by atoms with Gasteiger partial charge in [-0.1, -0.05) is 18.2 Å².